The summed E-state index contributed by atoms with van der Waals surface area (Å²) < 4.78 is 27.6. The van der Waals surface area contributed by atoms with Crippen molar-refractivity contribution in [1.82, 2.24) is 0 Å². The summed E-state index contributed by atoms with van der Waals surface area (Å²) >= 11 is 12.1. The molecule has 156 valence electrons. The molecule has 0 saturated carbocycles. The van der Waals surface area contributed by atoms with E-state index in [9.17, 15) is 13.2 Å². The highest BCUT2D eigenvalue weighted by molar-refractivity contribution is 7.92. The van der Waals surface area contributed by atoms with Crippen LogP contribution >= 0.6 is 23.2 Å². The second-order valence-corrected chi connectivity index (χ2v) is 9.47. The van der Waals surface area contributed by atoms with E-state index >= 15 is 0 Å². The van der Waals surface area contributed by atoms with Crippen LogP contribution < -0.4 is 9.62 Å². The van der Waals surface area contributed by atoms with Crippen molar-refractivity contribution >= 4 is 50.5 Å². The van der Waals surface area contributed by atoms with E-state index < -0.39 is 22.5 Å². The molecule has 3 aromatic rings. The van der Waals surface area contributed by atoms with E-state index in [1.54, 1.807) is 24.3 Å². The van der Waals surface area contributed by atoms with E-state index in [1.165, 1.54) is 30.3 Å². The number of nitrogens with one attached hydrogen (secondary N) is 1. The Morgan fingerprint density at radius 2 is 1.63 bits per heavy atom. The minimum atomic E-state index is -4.02. The van der Waals surface area contributed by atoms with Gasteiger partial charge < -0.3 is 5.32 Å². The Morgan fingerprint density at radius 1 is 0.933 bits per heavy atom. The van der Waals surface area contributed by atoms with E-state index in [0.717, 1.165) is 15.4 Å². The number of carbonyl (C=O) groups is 1. The van der Waals surface area contributed by atoms with Crippen molar-refractivity contribution in [2.45, 2.75) is 18.7 Å². The van der Waals surface area contributed by atoms with Crippen LogP contribution in [0.1, 0.15) is 11.1 Å². The molecule has 1 amide bonds. The second-order valence-electron chi connectivity index (χ2n) is 6.79. The van der Waals surface area contributed by atoms with Gasteiger partial charge in [0.05, 0.1) is 20.6 Å². The number of rotatable bonds is 6. The molecule has 0 unspecified atom stereocenters. The number of benzene rings is 3. The SMILES string of the molecule is Cc1ccc(NC(=O)CN(c2ccc(Cl)c(Cl)c2)S(=O)(=O)c2ccccc2)c(C)c1. The molecular weight excluding hydrogens is 443 g/mol. The second kappa shape index (κ2) is 9.08. The molecular formula is C22H20Cl2N2O3S. The van der Waals surface area contributed by atoms with Crippen LogP contribution in [-0.4, -0.2) is 20.9 Å². The molecule has 0 aliphatic heterocycles. The van der Waals surface area contributed by atoms with Crippen molar-refractivity contribution < 1.29 is 13.2 Å². The molecule has 0 saturated heterocycles. The quantitative estimate of drug-likeness (QED) is 0.529. The van der Waals surface area contributed by atoms with Crippen LogP contribution in [0.15, 0.2) is 71.6 Å². The van der Waals surface area contributed by atoms with E-state index in [1.807, 2.05) is 26.0 Å². The van der Waals surface area contributed by atoms with Gasteiger partial charge in [-0.3, -0.25) is 9.10 Å². The zero-order valence-corrected chi connectivity index (χ0v) is 18.7. The van der Waals surface area contributed by atoms with Crippen molar-refractivity contribution in [3.05, 3.63) is 87.9 Å². The van der Waals surface area contributed by atoms with Crippen LogP contribution in [0, 0.1) is 13.8 Å². The summed E-state index contributed by atoms with van der Waals surface area (Å²) in [6.45, 7) is 3.40. The number of sulfonamides is 1. The fourth-order valence-corrected chi connectivity index (χ4v) is 4.68. The monoisotopic (exact) mass is 462 g/mol. The number of hydrogen-bond acceptors (Lipinski definition) is 3. The molecule has 0 atom stereocenters. The molecule has 30 heavy (non-hydrogen) atoms. The Balaban J connectivity index is 1.97. The molecule has 3 aromatic carbocycles. The molecule has 5 nitrogen and oxygen atoms in total. The summed E-state index contributed by atoms with van der Waals surface area (Å²) in [5.41, 5.74) is 2.81. The molecule has 3 rings (SSSR count). The molecule has 0 heterocycles. The Bertz CT molecular complexity index is 1180. The molecule has 0 fully saturated rings. The highest BCUT2D eigenvalue weighted by Crippen LogP contribution is 2.30. The lowest BCUT2D eigenvalue weighted by atomic mass is 10.1. The molecule has 0 aromatic heterocycles. The van der Waals surface area contributed by atoms with Gasteiger partial charge in [-0.1, -0.05) is 59.1 Å². The molecule has 8 heteroatoms. The topological polar surface area (TPSA) is 66.5 Å². The summed E-state index contributed by atoms with van der Waals surface area (Å²) in [6, 6.07) is 17.9. The summed E-state index contributed by atoms with van der Waals surface area (Å²) in [7, 11) is -4.02. The normalized spacial score (nSPS) is 11.2. The fourth-order valence-electron chi connectivity index (χ4n) is 2.95. The van der Waals surface area contributed by atoms with Crippen LogP contribution in [0.5, 0.6) is 0 Å². The zero-order valence-electron chi connectivity index (χ0n) is 16.4. The average molecular weight is 463 g/mol. The summed E-state index contributed by atoms with van der Waals surface area (Å²) in [6.07, 6.45) is 0. The molecule has 0 radical (unpaired) electrons. The molecule has 1 N–H and O–H groups in total. The Labute approximate surface area is 186 Å². The summed E-state index contributed by atoms with van der Waals surface area (Å²) in [4.78, 5) is 12.9. The predicted molar refractivity (Wildman–Crippen MR) is 122 cm³/mol. The minimum Gasteiger partial charge on any atom is -0.324 e. The summed E-state index contributed by atoms with van der Waals surface area (Å²) in [5, 5.41) is 3.26. The Kier molecular flexibility index (Phi) is 6.71. The number of anilines is 2. The van der Waals surface area contributed by atoms with E-state index in [2.05, 4.69) is 5.32 Å². The number of carbonyl (C=O) groups excluding carboxylic acids is 1. The Hall–Kier alpha value is -2.54. The summed E-state index contributed by atoms with van der Waals surface area (Å²) in [5.74, 6) is -0.479. The van der Waals surface area contributed by atoms with Gasteiger partial charge in [0, 0.05) is 5.69 Å². The van der Waals surface area contributed by atoms with Crippen LogP contribution in [0.3, 0.4) is 0 Å². The smallest absolute Gasteiger partial charge is 0.264 e. The maximum absolute atomic E-state index is 13.3. The maximum atomic E-state index is 13.3. The van der Waals surface area contributed by atoms with Gasteiger partial charge in [-0.15, -0.1) is 0 Å². The molecule has 0 aliphatic rings. The van der Waals surface area contributed by atoms with Crippen LogP contribution in [0.25, 0.3) is 0 Å². The highest BCUT2D eigenvalue weighted by atomic mass is 35.5. The third kappa shape index (κ3) is 4.95. The third-order valence-electron chi connectivity index (χ3n) is 4.47. The van der Waals surface area contributed by atoms with Gasteiger partial charge in [0.25, 0.3) is 10.0 Å². The van der Waals surface area contributed by atoms with Crippen molar-refractivity contribution in [2.75, 3.05) is 16.2 Å². The van der Waals surface area contributed by atoms with Crippen LogP contribution in [0.2, 0.25) is 10.0 Å². The number of amides is 1. The first-order valence-corrected chi connectivity index (χ1v) is 11.3. The first kappa shape index (κ1) is 22.2. The van der Waals surface area contributed by atoms with Crippen LogP contribution in [-0.2, 0) is 14.8 Å². The predicted octanol–water partition coefficient (Wildman–Crippen LogP) is 5.44. The minimum absolute atomic E-state index is 0.0652. The van der Waals surface area contributed by atoms with E-state index in [4.69, 9.17) is 23.2 Å². The van der Waals surface area contributed by atoms with Crippen molar-refractivity contribution in [1.29, 1.82) is 0 Å². The number of nitrogens with zero attached hydrogens (tertiary/aromatic N) is 1. The number of hydrogen-bond donors (Lipinski definition) is 1. The van der Waals surface area contributed by atoms with Gasteiger partial charge >= 0.3 is 0 Å². The largest absolute Gasteiger partial charge is 0.324 e. The lowest BCUT2D eigenvalue weighted by Crippen LogP contribution is -2.38. The molecule has 0 aliphatic carbocycles. The van der Waals surface area contributed by atoms with E-state index in [0.29, 0.717) is 5.69 Å². The van der Waals surface area contributed by atoms with Gasteiger partial charge in [0.15, 0.2) is 0 Å². The molecule has 0 spiro atoms. The maximum Gasteiger partial charge on any atom is 0.264 e. The third-order valence-corrected chi connectivity index (χ3v) is 6.99. The lowest BCUT2D eigenvalue weighted by molar-refractivity contribution is -0.114. The van der Waals surface area contributed by atoms with Gasteiger partial charge in [-0.2, -0.15) is 0 Å². The average Bonchev–Trinajstić information content (AvgIpc) is 2.71. The lowest BCUT2D eigenvalue weighted by Gasteiger charge is -2.24. The fraction of sp³-hybridized carbons (Fsp3) is 0.136. The van der Waals surface area contributed by atoms with Gasteiger partial charge in [-0.05, 0) is 55.8 Å². The highest BCUT2D eigenvalue weighted by Gasteiger charge is 2.27. The molecule has 0 bridgehead atoms. The van der Waals surface area contributed by atoms with Gasteiger partial charge in [0.1, 0.15) is 6.54 Å². The Morgan fingerprint density at radius 3 is 2.27 bits per heavy atom. The first-order valence-electron chi connectivity index (χ1n) is 9.08. The van der Waals surface area contributed by atoms with Gasteiger partial charge in [0.2, 0.25) is 5.91 Å². The van der Waals surface area contributed by atoms with Crippen LogP contribution in [0.4, 0.5) is 11.4 Å². The standard InChI is InChI=1S/C22H20Cl2N2O3S/c1-15-8-11-21(16(2)12-15)25-22(27)14-26(17-9-10-19(23)20(24)13-17)30(28,29)18-6-4-3-5-7-18/h3-13H,14H2,1-2H3,(H,25,27). The zero-order chi connectivity index (χ0) is 21.9. The van der Waals surface area contributed by atoms with Crippen molar-refractivity contribution in [2.24, 2.45) is 0 Å². The van der Waals surface area contributed by atoms with Gasteiger partial charge in [-0.25, -0.2) is 8.42 Å². The first-order chi connectivity index (χ1) is 14.2. The van der Waals surface area contributed by atoms with E-state index in [-0.39, 0.29) is 20.6 Å². The van der Waals surface area contributed by atoms with Crippen molar-refractivity contribution in [3.63, 3.8) is 0 Å². The van der Waals surface area contributed by atoms with Crippen molar-refractivity contribution in [3.8, 4) is 0 Å². The number of halogens is 2. The number of aryl methyl sites for hydroxylation is 2.